The highest BCUT2D eigenvalue weighted by molar-refractivity contribution is 6.16. The van der Waals surface area contributed by atoms with E-state index in [1.54, 1.807) is 0 Å². The van der Waals surface area contributed by atoms with E-state index in [1.165, 1.54) is 27.1 Å². The zero-order chi connectivity index (χ0) is 30.5. The van der Waals surface area contributed by atoms with Crippen molar-refractivity contribution < 1.29 is 0 Å². The number of nitrogens with zero attached hydrogens (tertiary/aromatic N) is 2. The van der Waals surface area contributed by atoms with Crippen molar-refractivity contribution in [3.63, 3.8) is 0 Å². The van der Waals surface area contributed by atoms with Crippen molar-refractivity contribution in [2.24, 2.45) is 0 Å². The molecule has 2 nitrogen and oxygen atoms in total. The van der Waals surface area contributed by atoms with Crippen molar-refractivity contribution in [2.75, 3.05) is 0 Å². The van der Waals surface area contributed by atoms with Crippen molar-refractivity contribution >= 4 is 43.4 Å². The molecule has 0 bridgehead atoms. The van der Waals surface area contributed by atoms with Crippen LogP contribution in [0.15, 0.2) is 170 Å². The zero-order valence-electron chi connectivity index (χ0n) is 25.1. The van der Waals surface area contributed by atoms with Crippen molar-refractivity contribution in [3.8, 4) is 44.6 Å². The summed E-state index contributed by atoms with van der Waals surface area (Å²) < 4.78 is 0. The van der Waals surface area contributed by atoms with E-state index in [0.29, 0.717) is 0 Å². The topological polar surface area (TPSA) is 25.8 Å². The average molecular weight is 585 g/mol. The first-order chi connectivity index (χ1) is 22.8. The summed E-state index contributed by atoms with van der Waals surface area (Å²) >= 11 is 0. The van der Waals surface area contributed by atoms with E-state index in [-0.39, 0.29) is 0 Å². The van der Waals surface area contributed by atoms with E-state index in [0.717, 1.165) is 60.9 Å². The molecule has 0 atom stereocenters. The summed E-state index contributed by atoms with van der Waals surface area (Å²) in [6, 6.07) is 58.4. The molecule has 0 spiro atoms. The van der Waals surface area contributed by atoms with E-state index in [4.69, 9.17) is 9.97 Å². The zero-order valence-corrected chi connectivity index (χ0v) is 25.1. The number of aromatic nitrogens is 2. The molecule has 0 aliphatic heterocycles. The SMILES string of the molecule is c1ccc(-c2ccnc3c2ccc2c(-c4ccccc4)c(-c4ccc5ccccc5c4)c(-c4ccc5ccccc5c4)nc23)cc1. The lowest BCUT2D eigenvalue weighted by molar-refractivity contribution is 1.37. The van der Waals surface area contributed by atoms with E-state index in [9.17, 15) is 0 Å². The summed E-state index contributed by atoms with van der Waals surface area (Å²) in [5.74, 6) is 0. The lowest BCUT2D eigenvalue weighted by atomic mass is 9.86. The lowest BCUT2D eigenvalue weighted by Crippen LogP contribution is -1.98. The lowest BCUT2D eigenvalue weighted by Gasteiger charge is -2.20. The molecule has 0 aliphatic rings. The third-order valence-electron chi connectivity index (χ3n) is 9.07. The average Bonchev–Trinajstić information content (AvgIpc) is 3.14. The summed E-state index contributed by atoms with van der Waals surface area (Å²) in [7, 11) is 0. The Morgan fingerprint density at radius 2 is 0.913 bits per heavy atom. The minimum atomic E-state index is 0.904. The first-order valence-corrected chi connectivity index (χ1v) is 15.7. The van der Waals surface area contributed by atoms with Crippen LogP contribution in [0.4, 0.5) is 0 Å². The minimum Gasteiger partial charge on any atom is -0.254 e. The molecule has 7 aromatic carbocycles. The van der Waals surface area contributed by atoms with Crippen molar-refractivity contribution in [1.29, 1.82) is 0 Å². The first-order valence-electron chi connectivity index (χ1n) is 15.7. The summed E-state index contributed by atoms with van der Waals surface area (Å²) in [6.45, 7) is 0. The van der Waals surface area contributed by atoms with Gasteiger partial charge in [-0.2, -0.15) is 0 Å². The van der Waals surface area contributed by atoms with Gasteiger partial charge in [0.15, 0.2) is 0 Å². The van der Waals surface area contributed by atoms with Gasteiger partial charge in [0.1, 0.15) is 0 Å². The third kappa shape index (κ3) is 4.35. The number of hydrogen-bond acceptors (Lipinski definition) is 2. The van der Waals surface area contributed by atoms with Crippen LogP contribution in [-0.2, 0) is 0 Å². The van der Waals surface area contributed by atoms with Gasteiger partial charge in [0.25, 0.3) is 0 Å². The monoisotopic (exact) mass is 584 g/mol. The maximum atomic E-state index is 5.60. The highest BCUT2D eigenvalue weighted by atomic mass is 14.8. The van der Waals surface area contributed by atoms with Crippen molar-refractivity contribution in [1.82, 2.24) is 9.97 Å². The molecule has 0 unspecified atom stereocenters. The Hall–Kier alpha value is -6.12. The minimum absolute atomic E-state index is 0.904. The second-order valence-electron chi connectivity index (χ2n) is 11.8. The number of hydrogen-bond donors (Lipinski definition) is 0. The predicted octanol–water partition coefficient (Wildman–Crippen LogP) is 11.8. The van der Waals surface area contributed by atoms with E-state index in [1.807, 2.05) is 6.20 Å². The van der Waals surface area contributed by atoms with Gasteiger partial charge < -0.3 is 0 Å². The quantitative estimate of drug-likeness (QED) is 0.192. The Balaban J connectivity index is 1.45. The highest BCUT2D eigenvalue weighted by Crippen LogP contribution is 2.46. The van der Waals surface area contributed by atoms with Crippen LogP contribution in [0.3, 0.4) is 0 Å². The van der Waals surface area contributed by atoms with Gasteiger partial charge in [0.2, 0.25) is 0 Å². The number of fused-ring (bicyclic) bond motifs is 5. The highest BCUT2D eigenvalue weighted by Gasteiger charge is 2.22. The van der Waals surface area contributed by atoms with Gasteiger partial charge in [-0.25, -0.2) is 4.98 Å². The Morgan fingerprint density at radius 1 is 0.348 bits per heavy atom. The molecule has 0 saturated carbocycles. The van der Waals surface area contributed by atoms with Gasteiger partial charge in [0.05, 0.1) is 16.7 Å². The van der Waals surface area contributed by atoms with Crippen LogP contribution in [0.5, 0.6) is 0 Å². The molecule has 0 N–H and O–H groups in total. The van der Waals surface area contributed by atoms with Gasteiger partial charge in [0, 0.05) is 33.7 Å². The fourth-order valence-electron chi connectivity index (χ4n) is 6.88. The van der Waals surface area contributed by atoms with E-state index in [2.05, 4.69) is 164 Å². The molecule has 2 heterocycles. The molecule has 0 radical (unpaired) electrons. The van der Waals surface area contributed by atoms with Gasteiger partial charge in [-0.05, 0) is 62.0 Å². The first kappa shape index (κ1) is 26.3. The van der Waals surface area contributed by atoms with Gasteiger partial charge in [-0.15, -0.1) is 0 Å². The maximum absolute atomic E-state index is 5.60. The second-order valence-corrected chi connectivity index (χ2v) is 11.8. The van der Waals surface area contributed by atoms with Crippen LogP contribution >= 0.6 is 0 Å². The molecular weight excluding hydrogens is 556 g/mol. The van der Waals surface area contributed by atoms with Crippen LogP contribution in [0.1, 0.15) is 0 Å². The Labute approximate surface area is 267 Å². The number of pyridine rings is 2. The summed E-state index contributed by atoms with van der Waals surface area (Å²) in [5, 5.41) is 7.00. The summed E-state index contributed by atoms with van der Waals surface area (Å²) in [4.78, 5) is 10.6. The fraction of sp³-hybridized carbons (Fsp3) is 0. The standard InChI is InChI=1S/C44H28N2/c1-3-13-31(14-4-1)37-25-26-45-43-38(37)23-24-39-40(32-15-5-2-6-16-32)41(35-21-19-29-11-7-9-17-33(29)27-35)42(46-44(39)43)36-22-20-30-12-8-10-18-34(30)28-36/h1-28H. The molecule has 214 valence electrons. The van der Waals surface area contributed by atoms with E-state index >= 15 is 0 Å². The van der Waals surface area contributed by atoms with Crippen LogP contribution in [-0.4, -0.2) is 9.97 Å². The largest absolute Gasteiger partial charge is 0.254 e. The molecule has 2 heteroatoms. The molecular formula is C44H28N2. The number of benzene rings is 7. The molecule has 0 saturated heterocycles. The fourth-order valence-corrected chi connectivity index (χ4v) is 6.88. The van der Waals surface area contributed by atoms with Crippen molar-refractivity contribution in [3.05, 3.63) is 170 Å². The van der Waals surface area contributed by atoms with E-state index < -0.39 is 0 Å². The Bertz CT molecular complexity index is 2570. The molecule has 46 heavy (non-hydrogen) atoms. The van der Waals surface area contributed by atoms with Crippen LogP contribution in [0.25, 0.3) is 88.0 Å². The molecule has 0 aliphatic carbocycles. The van der Waals surface area contributed by atoms with Crippen LogP contribution in [0, 0.1) is 0 Å². The van der Waals surface area contributed by atoms with Crippen molar-refractivity contribution in [2.45, 2.75) is 0 Å². The number of rotatable bonds is 4. The summed E-state index contributed by atoms with van der Waals surface area (Å²) in [6.07, 6.45) is 1.92. The maximum Gasteiger partial charge on any atom is 0.0979 e. The summed E-state index contributed by atoms with van der Waals surface area (Å²) in [5.41, 5.74) is 10.7. The smallest absolute Gasteiger partial charge is 0.0979 e. The van der Waals surface area contributed by atoms with Crippen LogP contribution in [0.2, 0.25) is 0 Å². The van der Waals surface area contributed by atoms with Gasteiger partial charge in [-0.1, -0.05) is 146 Å². The van der Waals surface area contributed by atoms with Gasteiger partial charge >= 0.3 is 0 Å². The third-order valence-corrected chi connectivity index (χ3v) is 9.07. The Morgan fingerprint density at radius 3 is 1.61 bits per heavy atom. The normalized spacial score (nSPS) is 11.5. The molecule has 9 aromatic rings. The molecule has 2 aromatic heterocycles. The predicted molar refractivity (Wildman–Crippen MR) is 194 cm³/mol. The Kier molecular flexibility index (Phi) is 6.17. The second kappa shape index (κ2) is 10.8. The molecule has 0 amide bonds. The van der Waals surface area contributed by atoms with Gasteiger partial charge in [-0.3, -0.25) is 4.98 Å². The molecule has 0 fully saturated rings. The van der Waals surface area contributed by atoms with Crippen LogP contribution < -0.4 is 0 Å². The molecule has 9 rings (SSSR count).